The van der Waals surface area contributed by atoms with Crippen LogP contribution in [-0.4, -0.2) is 23.5 Å². The molecule has 0 aromatic heterocycles. The third kappa shape index (κ3) is 5.99. The SMILES string of the molecule is C=C(CC(C(=O)CCCC)C(O)c1ccccc1)C(=O)OCC. The first-order valence-corrected chi connectivity index (χ1v) is 8.11. The standard InChI is InChI=1S/C19H26O4/c1-4-6-12-17(20)16(13-14(3)19(22)23-5-2)18(21)15-10-8-7-9-11-15/h7-11,16,18,21H,3-6,12-13H2,1-2H3. The summed E-state index contributed by atoms with van der Waals surface area (Å²) in [5.74, 6) is -1.24. The highest BCUT2D eigenvalue weighted by Gasteiger charge is 2.29. The molecule has 0 amide bonds. The van der Waals surface area contributed by atoms with Gasteiger partial charge in [0.15, 0.2) is 0 Å². The lowest BCUT2D eigenvalue weighted by Crippen LogP contribution is -2.24. The molecule has 23 heavy (non-hydrogen) atoms. The number of carbonyl (C=O) groups is 2. The average molecular weight is 318 g/mol. The second kappa shape index (κ2) is 9.95. The first kappa shape index (κ1) is 19.1. The van der Waals surface area contributed by atoms with Gasteiger partial charge in [-0.15, -0.1) is 0 Å². The van der Waals surface area contributed by atoms with E-state index < -0.39 is 18.0 Å². The molecule has 2 unspecified atom stereocenters. The molecule has 0 aliphatic heterocycles. The van der Waals surface area contributed by atoms with E-state index in [2.05, 4.69) is 6.58 Å². The number of ether oxygens (including phenoxy) is 1. The van der Waals surface area contributed by atoms with Gasteiger partial charge in [0.05, 0.1) is 18.6 Å². The zero-order valence-corrected chi connectivity index (χ0v) is 14.0. The molecule has 4 heteroatoms. The zero-order chi connectivity index (χ0) is 17.2. The van der Waals surface area contributed by atoms with Crippen molar-refractivity contribution in [2.75, 3.05) is 6.61 Å². The highest BCUT2D eigenvalue weighted by molar-refractivity contribution is 5.90. The van der Waals surface area contributed by atoms with Crippen LogP contribution in [0.3, 0.4) is 0 Å². The molecule has 0 saturated carbocycles. The highest BCUT2D eigenvalue weighted by Crippen LogP contribution is 2.29. The molecule has 0 bridgehead atoms. The number of aliphatic hydroxyl groups excluding tert-OH is 1. The Morgan fingerprint density at radius 1 is 1.22 bits per heavy atom. The summed E-state index contributed by atoms with van der Waals surface area (Å²) in [6.07, 6.45) is 1.21. The first-order chi connectivity index (χ1) is 11.0. The molecule has 0 radical (unpaired) electrons. The van der Waals surface area contributed by atoms with Crippen LogP contribution >= 0.6 is 0 Å². The zero-order valence-electron chi connectivity index (χ0n) is 14.0. The van der Waals surface area contributed by atoms with Gasteiger partial charge in [-0.1, -0.05) is 50.3 Å². The van der Waals surface area contributed by atoms with E-state index in [1.54, 1.807) is 19.1 Å². The monoisotopic (exact) mass is 318 g/mol. The largest absolute Gasteiger partial charge is 0.463 e. The maximum atomic E-state index is 12.5. The van der Waals surface area contributed by atoms with Crippen molar-refractivity contribution in [1.29, 1.82) is 0 Å². The Kier molecular flexibility index (Phi) is 8.27. The van der Waals surface area contributed by atoms with Gasteiger partial charge in [0, 0.05) is 12.0 Å². The minimum Gasteiger partial charge on any atom is -0.463 e. The van der Waals surface area contributed by atoms with Gasteiger partial charge < -0.3 is 9.84 Å². The van der Waals surface area contributed by atoms with Crippen LogP contribution in [-0.2, 0) is 14.3 Å². The smallest absolute Gasteiger partial charge is 0.333 e. The van der Waals surface area contributed by atoms with Gasteiger partial charge in [-0.05, 0) is 25.3 Å². The van der Waals surface area contributed by atoms with Crippen LogP contribution in [0.4, 0.5) is 0 Å². The first-order valence-electron chi connectivity index (χ1n) is 8.11. The fourth-order valence-electron chi connectivity index (χ4n) is 2.40. The molecule has 1 aromatic carbocycles. The molecule has 2 atom stereocenters. The Bertz CT molecular complexity index is 521. The number of hydrogen-bond acceptors (Lipinski definition) is 4. The Morgan fingerprint density at radius 3 is 2.43 bits per heavy atom. The summed E-state index contributed by atoms with van der Waals surface area (Å²) in [5, 5.41) is 10.6. The fraction of sp³-hybridized carbons (Fsp3) is 0.474. The number of ketones is 1. The lowest BCUT2D eigenvalue weighted by molar-refractivity contribution is -0.139. The average Bonchev–Trinajstić information content (AvgIpc) is 2.57. The van der Waals surface area contributed by atoms with E-state index in [4.69, 9.17) is 4.74 Å². The van der Waals surface area contributed by atoms with Crippen LogP contribution in [0.2, 0.25) is 0 Å². The third-order valence-corrected chi connectivity index (χ3v) is 3.74. The second-order valence-electron chi connectivity index (χ2n) is 5.56. The molecule has 1 rings (SSSR count). The fourth-order valence-corrected chi connectivity index (χ4v) is 2.40. The molecule has 1 N–H and O–H groups in total. The van der Waals surface area contributed by atoms with E-state index in [0.717, 1.165) is 12.8 Å². The molecule has 1 aromatic rings. The second-order valence-corrected chi connectivity index (χ2v) is 5.56. The van der Waals surface area contributed by atoms with Crippen molar-refractivity contribution in [1.82, 2.24) is 0 Å². The van der Waals surface area contributed by atoms with Crippen LogP contribution in [0.1, 0.15) is 51.2 Å². The third-order valence-electron chi connectivity index (χ3n) is 3.74. The minimum absolute atomic E-state index is 0.0475. The summed E-state index contributed by atoms with van der Waals surface area (Å²) in [6, 6.07) is 9.02. The predicted octanol–water partition coefficient (Wildman–Crippen LogP) is 3.60. The van der Waals surface area contributed by atoms with Crippen LogP contribution in [0, 0.1) is 5.92 Å². The molecular formula is C19H26O4. The van der Waals surface area contributed by atoms with Gasteiger partial charge in [0.1, 0.15) is 5.78 Å². The summed E-state index contributed by atoms with van der Waals surface area (Å²) in [4.78, 5) is 24.2. The minimum atomic E-state index is -0.952. The maximum Gasteiger partial charge on any atom is 0.333 e. The Labute approximate surface area is 138 Å². The summed E-state index contributed by atoms with van der Waals surface area (Å²) in [5.41, 5.74) is 0.885. The molecule has 4 nitrogen and oxygen atoms in total. The van der Waals surface area contributed by atoms with E-state index in [9.17, 15) is 14.7 Å². The van der Waals surface area contributed by atoms with E-state index in [0.29, 0.717) is 12.0 Å². The summed E-state index contributed by atoms with van der Waals surface area (Å²) >= 11 is 0. The predicted molar refractivity (Wildman–Crippen MR) is 89.8 cm³/mol. The van der Waals surface area contributed by atoms with E-state index in [1.165, 1.54) is 0 Å². The van der Waals surface area contributed by atoms with Crippen molar-refractivity contribution < 1.29 is 19.4 Å². The molecule has 0 aliphatic carbocycles. The lowest BCUT2D eigenvalue weighted by atomic mass is 9.85. The Balaban J connectivity index is 2.90. The maximum absolute atomic E-state index is 12.5. The van der Waals surface area contributed by atoms with Crippen LogP contribution in [0.25, 0.3) is 0 Å². The van der Waals surface area contributed by atoms with Crippen LogP contribution in [0.15, 0.2) is 42.5 Å². The van der Waals surface area contributed by atoms with Gasteiger partial charge in [0.2, 0.25) is 0 Å². The number of unbranched alkanes of at least 4 members (excludes halogenated alkanes) is 1. The van der Waals surface area contributed by atoms with E-state index >= 15 is 0 Å². The number of benzene rings is 1. The van der Waals surface area contributed by atoms with Gasteiger partial charge in [-0.3, -0.25) is 4.79 Å². The molecule has 0 heterocycles. The molecule has 0 saturated heterocycles. The van der Waals surface area contributed by atoms with Crippen molar-refractivity contribution in [3.63, 3.8) is 0 Å². The lowest BCUT2D eigenvalue weighted by Gasteiger charge is -2.23. The molecule has 0 spiro atoms. The normalized spacial score (nSPS) is 13.2. The van der Waals surface area contributed by atoms with Gasteiger partial charge in [-0.2, -0.15) is 0 Å². The Hall–Kier alpha value is -1.94. The van der Waals surface area contributed by atoms with Crippen LogP contribution < -0.4 is 0 Å². The summed E-state index contributed by atoms with van der Waals surface area (Å²) in [7, 11) is 0. The number of hydrogen-bond donors (Lipinski definition) is 1. The number of Topliss-reactive ketones (excluding diaryl/α,β-unsaturated/α-hetero) is 1. The highest BCUT2D eigenvalue weighted by atomic mass is 16.5. The van der Waals surface area contributed by atoms with Crippen molar-refractivity contribution in [2.24, 2.45) is 5.92 Å². The van der Waals surface area contributed by atoms with E-state index in [-0.39, 0.29) is 24.4 Å². The molecular weight excluding hydrogens is 292 g/mol. The summed E-state index contributed by atoms with van der Waals surface area (Å²) in [6.45, 7) is 7.69. The molecule has 0 aliphatic rings. The van der Waals surface area contributed by atoms with Gasteiger partial charge >= 0.3 is 5.97 Å². The number of carbonyl (C=O) groups excluding carboxylic acids is 2. The number of rotatable bonds is 10. The van der Waals surface area contributed by atoms with Crippen molar-refractivity contribution in [2.45, 2.75) is 45.6 Å². The Morgan fingerprint density at radius 2 is 1.87 bits per heavy atom. The topological polar surface area (TPSA) is 63.6 Å². The quantitative estimate of drug-likeness (QED) is 0.529. The van der Waals surface area contributed by atoms with E-state index in [1.807, 2.05) is 25.1 Å². The molecule has 0 fully saturated rings. The van der Waals surface area contributed by atoms with Crippen molar-refractivity contribution >= 4 is 11.8 Å². The van der Waals surface area contributed by atoms with Gasteiger partial charge in [-0.25, -0.2) is 4.79 Å². The number of aliphatic hydroxyl groups is 1. The van der Waals surface area contributed by atoms with Crippen molar-refractivity contribution in [3.05, 3.63) is 48.0 Å². The number of esters is 1. The van der Waals surface area contributed by atoms with Crippen molar-refractivity contribution in [3.8, 4) is 0 Å². The van der Waals surface area contributed by atoms with Gasteiger partial charge in [0.25, 0.3) is 0 Å². The summed E-state index contributed by atoms with van der Waals surface area (Å²) < 4.78 is 4.92. The van der Waals surface area contributed by atoms with Crippen LogP contribution in [0.5, 0.6) is 0 Å². The molecule has 126 valence electrons.